The van der Waals surface area contributed by atoms with Crippen molar-refractivity contribution in [3.8, 4) is 0 Å². The van der Waals surface area contributed by atoms with E-state index >= 15 is 0 Å². The van der Waals surface area contributed by atoms with Gasteiger partial charge in [-0.3, -0.25) is 4.79 Å². The predicted molar refractivity (Wildman–Crippen MR) is 84.2 cm³/mol. The zero-order valence-electron chi connectivity index (χ0n) is 13.7. The van der Waals surface area contributed by atoms with E-state index in [1.807, 2.05) is 32.0 Å². The van der Waals surface area contributed by atoms with Crippen LogP contribution in [0.25, 0.3) is 0 Å². The molecule has 0 aliphatic carbocycles. The first kappa shape index (κ1) is 16.9. The molecule has 1 aliphatic heterocycles. The van der Waals surface area contributed by atoms with Crippen LogP contribution in [0, 0.1) is 19.8 Å². The molecule has 1 amide bonds. The summed E-state index contributed by atoms with van der Waals surface area (Å²) in [6, 6.07) is 5.88. The Morgan fingerprint density at radius 1 is 1.27 bits per heavy atom. The van der Waals surface area contributed by atoms with Gasteiger partial charge in [-0.25, -0.2) is 0 Å². The summed E-state index contributed by atoms with van der Waals surface area (Å²) in [4.78, 5) is 12.4. The van der Waals surface area contributed by atoms with E-state index < -0.39 is 0 Å². The van der Waals surface area contributed by atoms with Crippen molar-refractivity contribution in [2.75, 3.05) is 34.0 Å². The Bertz CT molecular complexity index is 517. The maximum Gasteiger partial charge on any atom is 0.251 e. The first-order valence-corrected chi connectivity index (χ1v) is 7.55. The molecule has 0 saturated carbocycles. The average molecular weight is 307 g/mol. The average Bonchev–Trinajstić information content (AvgIpc) is 2.54. The van der Waals surface area contributed by atoms with Crippen molar-refractivity contribution < 1.29 is 19.0 Å². The highest BCUT2D eigenvalue weighted by atomic mass is 16.6. The summed E-state index contributed by atoms with van der Waals surface area (Å²) in [5.41, 5.74) is 2.76. The minimum absolute atomic E-state index is 0.0596. The largest absolute Gasteiger partial charge is 0.378 e. The second kappa shape index (κ2) is 7.72. The number of methoxy groups -OCH3 is 2. The number of rotatable bonds is 5. The van der Waals surface area contributed by atoms with Crippen molar-refractivity contribution in [1.82, 2.24) is 5.32 Å². The molecule has 0 spiro atoms. The Hall–Kier alpha value is -1.43. The van der Waals surface area contributed by atoms with Crippen LogP contribution in [0.1, 0.15) is 21.5 Å². The van der Waals surface area contributed by atoms with Crippen molar-refractivity contribution in [2.45, 2.75) is 26.1 Å². The van der Waals surface area contributed by atoms with Crippen LogP contribution in [-0.2, 0) is 14.2 Å². The van der Waals surface area contributed by atoms with Crippen molar-refractivity contribution >= 4 is 5.91 Å². The molecule has 5 heteroatoms. The van der Waals surface area contributed by atoms with E-state index in [1.54, 1.807) is 14.2 Å². The topological polar surface area (TPSA) is 56.8 Å². The molecule has 0 aromatic heterocycles. The predicted octanol–water partition coefficient (Wildman–Crippen LogP) is 1.71. The first-order chi connectivity index (χ1) is 10.6. The molecule has 1 saturated heterocycles. The highest BCUT2D eigenvalue weighted by molar-refractivity contribution is 5.95. The van der Waals surface area contributed by atoms with Gasteiger partial charge in [0.2, 0.25) is 0 Å². The Balaban J connectivity index is 1.99. The fourth-order valence-corrected chi connectivity index (χ4v) is 2.85. The zero-order chi connectivity index (χ0) is 16.1. The number of carbonyl (C=O) groups excluding carboxylic acids is 1. The highest BCUT2D eigenvalue weighted by Crippen LogP contribution is 2.20. The van der Waals surface area contributed by atoms with Gasteiger partial charge in [-0.15, -0.1) is 0 Å². The minimum atomic E-state index is -0.0960. The van der Waals surface area contributed by atoms with Crippen LogP contribution in [0.15, 0.2) is 18.2 Å². The number of ether oxygens (including phenoxy) is 3. The van der Waals surface area contributed by atoms with Gasteiger partial charge in [0.05, 0.1) is 19.3 Å². The molecule has 0 bridgehead atoms. The van der Waals surface area contributed by atoms with Crippen LogP contribution in [0.5, 0.6) is 0 Å². The Morgan fingerprint density at radius 3 is 2.73 bits per heavy atom. The van der Waals surface area contributed by atoms with Crippen molar-refractivity contribution in [2.24, 2.45) is 5.92 Å². The maximum atomic E-state index is 12.4. The summed E-state index contributed by atoms with van der Waals surface area (Å²) in [7, 11) is 3.32. The van der Waals surface area contributed by atoms with Crippen LogP contribution < -0.4 is 5.32 Å². The lowest BCUT2D eigenvalue weighted by Crippen LogP contribution is -2.50. The van der Waals surface area contributed by atoms with Crippen LogP contribution in [-0.4, -0.2) is 52.1 Å². The molecule has 0 unspecified atom stereocenters. The van der Waals surface area contributed by atoms with E-state index in [1.165, 1.54) is 0 Å². The third-order valence-corrected chi connectivity index (χ3v) is 4.18. The smallest absolute Gasteiger partial charge is 0.251 e. The normalized spacial score (nSPS) is 25.0. The molecule has 5 nitrogen and oxygen atoms in total. The first-order valence-electron chi connectivity index (χ1n) is 7.55. The molecule has 3 atom stereocenters. The third-order valence-electron chi connectivity index (χ3n) is 4.18. The number of hydrogen-bond acceptors (Lipinski definition) is 4. The molecule has 122 valence electrons. The van der Waals surface area contributed by atoms with E-state index in [2.05, 4.69) is 5.32 Å². The molecular weight excluding hydrogens is 282 g/mol. The summed E-state index contributed by atoms with van der Waals surface area (Å²) in [5, 5.41) is 2.99. The molecule has 1 aromatic carbocycles. The van der Waals surface area contributed by atoms with Gasteiger partial charge in [0.25, 0.3) is 5.91 Å². The molecule has 22 heavy (non-hydrogen) atoms. The molecule has 1 N–H and O–H groups in total. The Labute approximate surface area is 131 Å². The fraction of sp³-hybridized carbons (Fsp3) is 0.588. The number of benzene rings is 1. The SMILES string of the molecule is CO[C@H]1[C@H](CNC(=O)c2cc(C)ccc2C)COC[C@H]1OC. The third kappa shape index (κ3) is 3.85. The Kier molecular flexibility index (Phi) is 5.94. The van der Waals surface area contributed by atoms with Gasteiger partial charge in [0.15, 0.2) is 0 Å². The second-order valence-electron chi connectivity index (χ2n) is 5.80. The van der Waals surface area contributed by atoms with Gasteiger partial charge in [0.1, 0.15) is 6.10 Å². The van der Waals surface area contributed by atoms with Gasteiger partial charge in [0, 0.05) is 32.2 Å². The van der Waals surface area contributed by atoms with Gasteiger partial charge in [-0.1, -0.05) is 17.7 Å². The lowest BCUT2D eigenvalue weighted by atomic mass is 9.95. The lowest BCUT2D eigenvalue weighted by Gasteiger charge is -2.36. The standard InChI is InChI=1S/C17H25NO4/c1-11-5-6-12(2)14(7-11)17(19)18-8-13-9-22-10-15(20-3)16(13)21-4/h5-7,13,15-16H,8-10H2,1-4H3,(H,18,19)/t13-,15-,16+/m1/s1. The number of nitrogens with one attached hydrogen (secondary N) is 1. The van der Waals surface area contributed by atoms with Crippen LogP contribution in [0.4, 0.5) is 0 Å². The lowest BCUT2D eigenvalue weighted by molar-refractivity contribution is -0.145. The molecule has 1 aromatic rings. The van der Waals surface area contributed by atoms with Crippen molar-refractivity contribution in [3.63, 3.8) is 0 Å². The van der Waals surface area contributed by atoms with Gasteiger partial charge < -0.3 is 19.5 Å². The molecule has 1 heterocycles. The molecule has 1 fully saturated rings. The van der Waals surface area contributed by atoms with Gasteiger partial charge in [-0.2, -0.15) is 0 Å². The summed E-state index contributed by atoms with van der Waals surface area (Å²) in [6.07, 6.45) is -0.168. The molecule has 1 aliphatic rings. The number of hydrogen-bond donors (Lipinski definition) is 1. The van der Waals surface area contributed by atoms with Gasteiger partial charge in [-0.05, 0) is 25.5 Å². The summed E-state index contributed by atoms with van der Waals surface area (Å²) >= 11 is 0. The molecule has 2 rings (SSSR count). The maximum absolute atomic E-state index is 12.4. The van der Waals surface area contributed by atoms with E-state index in [9.17, 15) is 4.79 Å². The van der Waals surface area contributed by atoms with Crippen LogP contribution >= 0.6 is 0 Å². The second-order valence-corrected chi connectivity index (χ2v) is 5.80. The van der Waals surface area contributed by atoms with Crippen molar-refractivity contribution in [1.29, 1.82) is 0 Å². The van der Waals surface area contributed by atoms with E-state index in [4.69, 9.17) is 14.2 Å². The van der Waals surface area contributed by atoms with E-state index in [0.29, 0.717) is 25.3 Å². The van der Waals surface area contributed by atoms with Gasteiger partial charge >= 0.3 is 0 Å². The van der Waals surface area contributed by atoms with Crippen LogP contribution in [0.3, 0.4) is 0 Å². The van der Waals surface area contributed by atoms with Crippen molar-refractivity contribution in [3.05, 3.63) is 34.9 Å². The fourth-order valence-electron chi connectivity index (χ4n) is 2.85. The summed E-state index contributed by atoms with van der Waals surface area (Å²) < 4.78 is 16.5. The number of amides is 1. The zero-order valence-corrected chi connectivity index (χ0v) is 13.7. The summed E-state index contributed by atoms with van der Waals surface area (Å²) in [6.45, 7) is 5.51. The number of aryl methyl sites for hydroxylation is 2. The monoisotopic (exact) mass is 307 g/mol. The quantitative estimate of drug-likeness (QED) is 0.900. The number of carbonyl (C=O) groups is 1. The van der Waals surface area contributed by atoms with E-state index in [0.717, 1.165) is 11.1 Å². The Morgan fingerprint density at radius 2 is 2.05 bits per heavy atom. The van der Waals surface area contributed by atoms with Crippen LogP contribution in [0.2, 0.25) is 0 Å². The summed E-state index contributed by atoms with van der Waals surface area (Å²) in [5.74, 6) is 0.0216. The minimum Gasteiger partial charge on any atom is -0.378 e. The van der Waals surface area contributed by atoms with E-state index in [-0.39, 0.29) is 24.0 Å². The molecular formula is C17H25NO4. The molecule has 0 radical (unpaired) electrons. The highest BCUT2D eigenvalue weighted by Gasteiger charge is 2.34.